The van der Waals surface area contributed by atoms with Crippen LogP contribution in [-0.2, 0) is 46.7 Å². The van der Waals surface area contributed by atoms with Gasteiger partial charge in [-0.25, -0.2) is 9.69 Å². The van der Waals surface area contributed by atoms with Gasteiger partial charge in [0.15, 0.2) is 29.2 Å². The molecular weight excluding hydrogens is 1360 g/mol. The highest BCUT2D eigenvalue weighted by Gasteiger charge is 2.58. The van der Waals surface area contributed by atoms with Gasteiger partial charge in [-0.1, -0.05) is 85.8 Å². The molecule has 0 unspecified atom stereocenters. The molecule has 1 aromatic heterocycles. The summed E-state index contributed by atoms with van der Waals surface area (Å²) in [5.41, 5.74) is 8.26. The van der Waals surface area contributed by atoms with E-state index in [4.69, 9.17) is 28.4 Å². The molecule has 106 heavy (non-hydrogen) atoms. The van der Waals surface area contributed by atoms with Crippen LogP contribution in [0.5, 0.6) is 28.7 Å². The highest BCUT2D eigenvalue weighted by Crippen LogP contribution is 2.57. The third-order valence-electron chi connectivity index (χ3n) is 20.0. The van der Waals surface area contributed by atoms with Crippen molar-refractivity contribution in [3.63, 3.8) is 0 Å². The van der Waals surface area contributed by atoms with Crippen molar-refractivity contribution in [2.24, 2.45) is 11.3 Å². The van der Waals surface area contributed by atoms with Crippen molar-refractivity contribution in [3.05, 3.63) is 155 Å². The predicted octanol–water partition coefficient (Wildman–Crippen LogP) is 7.31. The van der Waals surface area contributed by atoms with Crippen molar-refractivity contribution in [1.82, 2.24) is 46.5 Å². The number of ether oxygens (including phenoxy) is 6. The second-order valence-corrected chi connectivity index (χ2v) is 27.4. The lowest BCUT2D eigenvalue weighted by Crippen LogP contribution is -2.55. The molecule has 6 aromatic carbocycles. The normalized spacial score (nSPS) is 17.6. The van der Waals surface area contributed by atoms with Crippen molar-refractivity contribution in [3.8, 4) is 51.3 Å². The minimum absolute atomic E-state index is 0.0553. The highest BCUT2D eigenvalue weighted by atomic mass is 16.6. The summed E-state index contributed by atoms with van der Waals surface area (Å²) in [7, 11) is 4.56. The number of aliphatic hydroxyl groups excluding tert-OH is 1. The number of methoxy groups -OCH3 is 3. The van der Waals surface area contributed by atoms with E-state index in [2.05, 4.69) is 47.3 Å². The average Bonchev–Trinajstić information content (AvgIpc) is 1.56. The van der Waals surface area contributed by atoms with E-state index in [1.807, 2.05) is 79.0 Å². The van der Waals surface area contributed by atoms with Gasteiger partial charge in [0.05, 0.1) is 100 Å². The van der Waals surface area contributed by atoms with Crippen LogP contribution in [0.25, 0.3) is 28.1 Å². The Labute approximate surface area is 610 Å². The summed E-state index contributed by atoms with van der Waals surface area (Å²) >= 11 is 0. The fourth-order valence-corrected chi connectivity index (χ4v) is 14.0. The smallest absolute Gasteiger partial charge is 0.416 e. The van der Waals surface area contributed by atoms with Gasteiger partial charge in [0.25, 0.3) is 11.8 Å². The summed E-state index contributed by atoms with van der Waals surface area (Å²) in [6.45, 7) is 4.94. The number of carbonyl (C=O) groups excluding carboxylic acids is 9. The number of hydrogen-bond donors (Lipinski definition) is 8. The Bertz CT molecular complexity index is 4600. The SMILES string of the molecule is COc1ccc(C2=CN3C(=O)c4cc(OC)c(OCCCOc5cc6c(cc5OC)C(=O)N5CC7(CC7)C[C@H]5[C@H](O)N6C(=O)OCc5ccc(NC(=O)[C@H](C)NC(=O)[C@@H](NC(=O)CNC(=O)CNC(=O)CCC(=O)N6Cc7ccccc7-c7nn[nH]c7-c7ccccc76)C(C)C)cc5)cc4NC[C@@H]3C2)cc1. The number of nitrogens with one attached hydrogen (secondary N) is 7. The number of benzene rings is 6. The van der Waals surface area contributed by atoms with Crippen molar-refractivity contribution in [1.29, 1.82) is 0 Å². The number of para-hydroxylation sites is 1. The summed E-state index contributed by atoms with van der Waals surface area (Å²) < 4.78 is 35.2. The molecule has 29 nitrogen and oxygen atoms in total. The summed E-state index contributed by atoms with van der Waals surface area (Å²) in [6.07, 6.45) is 2.34. The van der Waals surface area contributed by atoms with Gasteiger partial charge in [-0.05, 0) is 109 Å². The van der Waals surface area contributed by atoms with Crippen molar-refractivity contribution >= 4 is 81.7 Å². The Morgan fingerprint density at radius 2 is 1.39 bits per heavy atom. The number of aromatic amines is 1. The summed E-state index contributed by atoms with van der Waals surface area (Å²) in [5.74, 6) is -2.62. The number of fused-ring (bicyclic) bond motifs is 9. The van der Waals surface area contributed by atoms with Gasteiger partial charge in [0.1, 0.15) is 30.1 Å². The third kappa shape index (κ3) is 15.5. The zero-order chi connectivity index (χ0) is 74.5. The molecule has 1 aliphatic carbocycles. The lowest BCUT2D eigenvalue weighted by atomic mass is 9.95. The first-order valence-corrected chi connectivity index (χ1v) is 35.2. The molecule has 8 N–H and O–H groups in total. The van der Waals surface area contributed by atoms with Crippen LogP contribution in [0.4, 0.5) is 27.5 Å². The molecule has 7 aromatic rings. The third-order valence-corrected chi connectivity index (χ3v) is 20.0. The van der Waals surface area contributed by atoms with Crippen LogP contribution in [0.3, 0.4) is 0 Å². The fraction of sp³-hybridized carbons (Fsp3) is 0.364. The molecule has 6 aliphatic rings. The van der Waals surface area contributed by atoms with Crippen molar-refractivity contribution in [2.45, 2.75) is 109 Å². The minimum Gasteiger partial charge on any atom is -0.497 e. The second-order valence-electron chi connectivity index (χ2n) is 27.4. The van der Waals surface area contributed by atoms with E-state index in [1.165, 1.54) is 33.3 Å². The van der Waals surface area contributed by atoms with Crippen LogP contribution in [0.15, 0.2) is 128 Å². The Hall–Kier alpha value is -12.0. The van der Waals surface area contributed by atoms with Gasteiger partial charge in [-0.15, -0.1) is 5.10 Å². The summed E-state index contributed by atoms with van der Waals surface area (Å²) in [4.78, 5) is 129. The Morgan fingerprint density at radius 3 is 2.10 bits per heavy atom. The lowest BCUT2D eigenvalue weighted by Gasteiger charge is -2.31. The highest BCUT2D eigenvalue weighted by molar-refractivity contribution is 6.07. The number of anilines is 4. The van der Waals surface area contributed by atoms with E-state index in [9.17, 15) is 48.3 Å². The van der Waals surface area contributed by atoms with Crippen LogP contribution < -0.4 is 65.4 Å². The molecule has 1 saturated carbocycles. The van der Waals surface area contributed by atoms with E-state index in [-0.39, 0.29) is 91.1 Å². The van der Waals surface area contributed by atoms with Crippen LogP contribution >= 0.6 is 0 Å². The molecule has 0 radical (unpaired) electrons. The molecule has 9 amide bonds. The van der Waals surface area contributed by atoms with Crippen molar-refractivity contribution < 1.29 is 76.7 Å². The minimum atomic E-state index is -1.50. The molecule has 0 bridgehead atoms. The zero-order valence-electron chi connectivity index (χ0n) is 59.4. The van der Waals surface area contributed by atoms with E-state index in [0.29, 0.717) is 89.0 Å². The predicted molar refractivity (Wildman–Crippen MR) is 389 cm³/mol. The van der Waals surface area contributed by atoms with Gasteiger partial charge >= 0.3 is 6.09 Å². The Morgan fingerprint density at radius 1 is 0.698 bits per heavy atom. The van der Waals surface area contributed by atoms with Crippen LogP contribution in [0.2, 0.25) is 0 Å². The number of H-pyrrole nitrogens is 1. The monoisotopic (exact) mass is 1450 g/mol. The number of nitrogens with zero attached hydrogens (tertiary/aromatic N) is 6. The van der Waals surface area contributed by atoms with Gasteiger partial charge < -0.3 is 80.1 Å². The number of rotatable bonds is 25. The molecule has 13 rings (SSSR count). The zero-order valence-corrected chi connectivity index (χ0v) is 59.4. The number of amides is 9. The molecule has 552 valence electrons. The molecule has 5 atom stereocenters. The molecular formula is C77H83N13O16. The maximum Gasteiger partial charge on any atom is 0.416 e. The first kappa shape index (κ1) is 72.3. The van der Waals surface area contributed by atoms with Crippen LogP contribution in [0.1, 0.15) is 103 Å². The molecule has 2 fully saturated rings. The van der Waals surface area contributed by atoms with E-state index in [1.54, 1.807) is 72.1 Å². The van der Waals surface area contributed by atoms with E-state index >= 15 is 0 Å². The maximum absolute atomic E-state index is 14.5. The fourth-order valence-electron chi connectivity index (χ4n) is 14.0. The van der Waals surface area contributed by atoms with E-state index < -0.39 is 79.0 Å². The molecule has 5 aliphatic heterocycles. The number of aromatic nitrogens is 3. The number of aliphatic hydroxyl groups is 1. The molecule has 29 heteroatoms. The quantitative estimate of drug-likeness (QED) is 0.0260. The average molecular weight is 1450 g/mol. The maximum atomic E-state index is 14.5. The lowest BCUT2D eigenvalue weighted by molar-refractivity contribution is -0.132. The van der Waals surface area contributed by atoms with E-state index in [0.717, 1.165) is 45.8 Å². The van der Waals surface area contributed by atoms with Crippen LogP contribution in [-0.4, -0.2) is 175 Å². The molecule has 6 heterocycles. The standard InChI is InChI=1S/C77H83N13O16/c1-43(2)68(83-66(93)38-80-65(92)37-79-64(91)24-25-67(94)88-39-47-12-7-8-13-52(47)69-70(85-86-84-69)53-14-9-10-15-57(53)88)72(96)81-44(3)71(95)82-49-20-16-45(17-21-49)41-106-76(100)90-58-34-63(61(103-6)32-55(58)74(98)89-42-77(26-27-77)35-59(89)75(90)99)105-29-11-28-104-62-33-56-54(31-60(62)102-5)73(97)87-40-48(30-50(87)36-78-56)46-18-22-51(101-4)23-19-46/h7-10,12-23,31-34,40,43-44,50,59,68,75,78,99H,11,24-30,35-39,41-42H2,1-6H3,(H,79,91)(H,80,92)(H,81,96)(H,82,95)(H,83,93)(H,84,85,86)/t44-,50-,59-,68-,75-/m0/s1. The Balaban J connectivity index is 0.570. The summed E-state index contributed by atoms with van der Waals surface area (Å²) in [5, 5.41) is 39.9. The van der Waals surface area contributed by atoms with Gasteiger partial charge in [0.2, 0.25) is 35.4 Å². The summed E-state index contributed by atoms with van der Waals surface area (Å²) in [6, 6.07) is 32.4. The number of hydrogen-bond acceptors (Lipinski definition) is 19. The topological polar surface area (TPSA) is 356 Å². The second kappa shape index (κ2) is 31.1. The van der Waals surface area contributed by atoms with Gasteiger partial charge in [0, 0.05) is 67.5 Å². The van der Waals surface area contributed by atoms with Crippen LogP contribution in [0, 0.1) is 11.3 Å². The largest absolute Gasteiger partial charge is 0.497 e. The first-order valence-electron chi connectivity index (χ1n) is 35.2. The first-order chi connectivity index (χ1) is 51.2. The molecule has 1 spiro atoms. The van der Waals surface area contributed by atoms with Crippen molar-refractivity contribution in [2.75, 3.05) is 81.2 Å². The van der Waals surface area contributed by atoms with Gasteiger partial charge in [-0.3, -0.25) is 43.5 Å². The Kier molecular flexibility index (Phi) is 21.2. The van der Waals surface area contributed by atoms with Gasteiger partial charge in [-0.2, -0.15) is 0 Å². The molecule has 1 saturated heterocycles. The number of carbonyl (C=O) groups is 9.